The van der Waals surface area contributed by atoms with Crippen molar-refractivity contribution < 1.29 is 19.0 Å². The predicted molar refractivity (Wildman–Crippen MR) is 74.4 cm³/mol. The molecule has 0 saturated heterocycles. The first-order chi connectivity index (χ1) is 9.06. The molecular weight excluding hydrogens is 244 g/mol. The van der Waals surface area contributed by atoms with E-state index in [-0.39, 0.29) is 12.1 Å². The van der Waals surface area contributed by atoms with Gasteiger partial charge in [0.1, 0.15) is 0 Å². The van der Waals surface area contributed by atoms with Gasteiger partial charge in [-0.2, -0.15) is 0 Å². The maximum absolute atomic E-state index is 11.2. The average molecular weight is 264 g/mol. The third-order valence-corrected chi connectivity index (χ3v) is 2.25. The van der Waals surface area contributed by atoms with Gasteiger partial charge < -0.3 is 14.2 Å². The minimum absolute atomic E-state index is 0.0785. The van der Waals surface area contributed by atoms with E-state index in [4.69, 9.17) is 14.2 Å². The Labute approximate surface area is 114 Å². The zero-order valence-electron chi connectivity index (χ0n) is 11.8. The SMILES string of the molecule is CCOC(=O)C=Cc1ccc(OC(C)C)c(OC)c1. The lowest BCUT2D eigenvalue weighted by atomic mass is 10.2. The second-order valence-electron chi connectivity index (χ2n) is 4.16. The standard InChI is InChI=1S/C15H20O4/c1-5-18-15(16)9-7-12-6-8-13(19-11(2)3)14(10-12)17-4/h6-11H,5H2,1-4H3. The minimum Gasteiger partial charge on any atom is -0.493 e. The normalized spacial score (nSPS) is 10.8. The fourth-order valence-electron chi connectivity index (χ4n) is 1.49. The highest BCUT2D eigenvalue weighted by Crippen LogP contribution is 2.29. The van der Waals surface area contributed by atoms with Crippen LogP contribution >= 0.6 is 0 Å². The third-order valence-electron chi connectivity index (χ3n) is 2.25. The molecular formula is C15H20O4. The molecule has 0 aromatic heterocycles. The van der Waals surface area contributed by atoms with Crippen molar-refractivity contribution in [2.24, 2.45) is 0 Å². The van der Waals surface area contributed by atoms with Crippen molar-refractivity contribution in [2.75, 3.05) is 13.7 Å². The molecule has 0 unspecified atom stereocenters. The number of carbonyl (C=O) groups excluding carboxylic acids is 1. The summed E-state index contributed by atoms with van der Waals surface area (Å²) in [6.45, 7) is 6.04. The summed E-state index contributed by atoms with van der Waals surface area (Å²) in [6.07, 6.45) is 3.15. The van der Waals surface area contributed by atoms with Crippen molar-refractivity contribution in [1.82, 2.24) is 0 Å². The molecule has 0 aliphatic carbocycles. The number of carbonyl (C=O) groups is 1. The Morgan fingerprint density at radius 3 is 2.63 bits per heavy atom. The van der Waals surface area contributed by atoms with Crippen molar-refractivity contribution in [2.45, 2.75) is 26.9 Å². The molecule has 0 N–H and O–H groups in total. The van der Waals surface area contributed by atoms with Crippen LogP contribution in [0.3, 0.4) is 0 Å². The van der Waals surface area contributed by atoms with Crippen molar-refractivity contribution in [3.05, 3.63) is 29.8 Å². The highest BCUT2D eigenvalue weighted by molar-refractivity contribution is 5.87. The van der Waals surface area contributed by atoms with Gasteiger partial charge in [0.25, 0.3) is 0 Å². The smallest absolute Gasteiger partial charge is 0.330 e. The van der Waals surface area contributed by atoms with Gasteiger partial charge in [-0.25, -0.2) is 4.79 Å². The summed E-state index contributed by atoms with van der Waals surface area (Å²) in [6, 6.07) is 5.49. The van der Waals surface area contributed by atoms with Gasteiger partial charge in [0, 0.05) is 6.08 Å². The van der Waals surface area contributed by atoms with Crippen LogP contribution in [-0.4, -0.2) is 25.8 Å². The molecule has 1 aromatic rings. The zero-order chi connectivity index (χ0) is 14.3. The summed E-state index contributed by atoms with van der Waals surface area (Å²) in [4.78, 5) is 11.2. The average Bonchev–Trinajstić information content (AvgIpc) is 2.37. The zero-order valence-corrected chi connectivity index (χ0v) is 11.8. The van der Waals surface area contributed by atoms with E-state index in [1.807, 2.05) is 32.0 Å². The Hall–Kier alpha value is -1.97. The second-order valence-corrected chi connectivity index (χ2v) is 4.16. The Kier molecular flexibility index (Phi) is 5.93. The molecule has 0 aliphatic heterocycles. The molecule has 0 bridgehead atoms. The number of hydrogen-bond donors (Lipinski definition) is 0. The van der Waals surface area contributed by atoms with E-state index >= 15 is 0 Å². The van der Waals surface area contributed by atoms with E-state index < -0.39 is 0 Å². The molecule has 4 nitrogen and oxygen atoms in total. The van der Waals surface area contributed by atoms with Crippen LogP contribution in [0, 0.1) is 0 Å². The Balaban J connectivity index is 2.84. The molecule has 1 aromatic carbocycles. The van der Waals surface area contributed by atoms with E-state index in [0.717, 1.165) is 5.56 Å². The van der Waals surface area contributed by atoms with Crippen molar-refractivity contribution in [3.63, 3.8) is 0 Å². The fourth-order valence-corrected chi connectivity index (χ4v) is 1.49. The van der Waals surface area contributed by atoms with Crippen molar-refractivity contribution in [1.29, 1.82) is 0 Å². The van der Waals surface area contributed by atoms with Crippen molar-refractivity contribution in [3.8, 4) is 11.5 Å². The van der Waals surface area contributed by atoms with Gasteiger partial charge in [0.05, 0.1) is 19.8 Å². The number of methoxy groups -OCH3 is 1. The molecule has 0 heterocycles. The van der Waals surface area contributed by atoms with E-state index in [0.29, 0.717) is 18.1 Å². The van der Waals surface area contributed by atoms with E-state index in [2.05, 4.69) is 0 Å². The quantitative estimate of drug-likeness (QED) is 0.585. The van der Waals surface area contributed by atoms with E-state index in [1.54, 1.807) is 20.1 Å². The van der Waals surface area contributed by atoms with Gasteiger partial charge in [-0.1, -0.05) is 6.07 Å². The second kappa shape index (κ2) is 7.46. The lowest BCUT2D eigenvalue weighted by Crippen LogP contribution is -2.06. The Morgan fingerprint density at radius 2 is 2.05 bits per heavy atom. The summed E-state index contributed by atoms with van der Waals surface area (Å²) in [5.74, 6) is 0.967. The topological polar surface area (TPSA) is 44.8 Å². The number of ether oxygens (including phenoxy) is 3. The molecule has 1 rings (SSSR count). The van der Waals surface area contributed by atoms with Gasteiger partial charge in [-0.3, -0.25) is 0 Å². The number of benzene rings is 1. The molecule has 0 spiro atoms. The summed E-state index contributed by atoms with van der Waals surface area (Å²) in [5.41, 5.74) is 0.848. The monoisotopic (exact) mass is 264 g/mol. The molecule has 0 aliphatic rings. The molecule has 104 valence electrons. The molecule has 0 saturated carbocycles. The largest absolute Gasteiger partial charge is 0.493 e. The summed E-state index contributed by atoms with van der Waals surface area (Å²) in [7, 11) is 1.58. The lowest BCUT2D eigenvalue weighted by molar-refractivity contribution is -0.137. The molecule has 19 heavy (non-hydrogen) atoms. The van der Waals surface area contributed by atoms with Crippen LogP contribution in [0.15, 0.2) is 24.3 Å². The predicted octanol–water partition coefficient (Wildman–Crippen LogP) is 3.06. The summed E-state index contributed by atoms with van der Waals surface area (Å²) >= 11 is 0. The van der Waals surface area contributed by atoms with Crippen LogP contribution in [0.5, 0.6) is 11.5 Å². The third kappa shape index (κ3) is 5.04. The number of hydrogen-bond acceptors (Lipinski definition) is 4. The van der Waals surface area contributed by atoms with Gasteiger partial charge in [-0.05, 0) is 44.5 Å². The van der Waals surface area contributed by atoms with Gasteiger partial charge in [-0.15, -0.1) is 0 Å². The van der Waals surface area contributed by atoms with Gasteiger partial charge in [0.2, 0.25) is 0 Å². The molecule has 4 heteroatoms. The molecule has 0 atom stereocenters. The van der Waals surface area contributed by atoms with E-state index in [9.17, 15) is 4.79 Å². The fraction of sp³-hybridized carbons (Fsp3) is 0.400. The first-order valence-corrected chi connectivity index (χ1v) is 6.26. The highest BCUT2D eigenvalue weighted by atomic mass is 16.5. The molecule has 0 amide bonds. The number of rotatable bonds is 6. The van der Waals surface area contributed by atoms with E-state index in [1.165, 1.54) is 6.08 Å². The number of esters is 1. The molecule has 0 fully saturated rings. The summed E-state index contributed by atoms with van der Waals surface area (Å²) < 4.78 is 15.7. The van der Waals surface area contributed by atoms with Gasteiger partial charge in [0.15, 0.2) is 11.5 Å². The lowest BCUT2D eigenvalue weighted by Gasteiger charge is -2.13. The first-order valence-electron chi connectivity index (χ1n) is 6.26. The minimum atomic E-state index is -0.357. The van der Waals surface area contributed by atoms with Crippen LogP contribution in [0.2, 0.25) is 0 Å². The van der Waals surface area contributed by atoms with Gasteiger partial charge >= 0.3 is 5.97 Å². The Morgan fingerprint density at radius 1 is 1.32 bits per heavy atom. The summed E-state index contributed by atoms with van der Waals surface area (Å²) in [5, 5.41) is 0. The van der Waals surface area contributed by atoms with Crippen LogP contribution in [0.25, 0.3) is 6.08 Å². The first kappa shape index (κ1) is 15.1. The van der Waals surface area contributed by atoms with Crippen LogP contribution < -0.4 is 9.47 Å². The highest BCUT2D eigenvalue weighted by Gasteiger charge is 2.06. The van der Waals surface area contributed by atoms with Crippen LogP contribution in [-0.2, 0) is 9.53 Å². The van der Waals surface area contributed by atoms with Crippen molar-refractivity contribution >= 4 is 12.0 Å². The maximum Gasteiger partial charge on any atom is 0.330 e. The van der Waals surface area contributed by atoms with Crippen LogP contribution in [0.1, 0.15) is 26.3 Å². The molecule has 0 radical (unpaired) electrons. The Bertz CT molecular complexity index is 449. The maximum atomic E-state index is 11.2. The van der Waals surface area contributed by atoms with Crippen LogP contribution in [0.4, 0.5) is 0 Å².